The topological polar surface area (TPSA) is 112 Å². The number of amides is 1. The molecule has 0 saturated heterocycles. The van der Waals surface area contributed by atoms with Crippen LogP contribution in [0, 0.1) is 18.2 Å². The van der Waals surface area contributed by atoms with Gasteiger partial charge >= 0.3 is 6.18 Å². The Hall–Kier alpha value is -3.44. The van der Waals surface area contributed by atoms with Crippen molar-refractivity contribution in [2.45, 2.75) is 24.3 Å². The summed E-state index contributed by atoms with van der Waals surface area (Å²) in [5.41, 5.74) is 5.78. The molecule has 8 nitrogen and oxygen atoms in total. The van der Waals surface area contributed by atoms with E-state index in [2.05, 4.69) is 26.2 Å². The fourth-order valence-electron chi connectivity index (χ4n) is 2.85. The van der Waals surface area contributed by atoms with E-state index in [4.69, 9.17) is 21.6 Å². The Balaban J connectivity index is 2.19. The van der Waals surface area contributed by atoms with E-state index in [-0.39, 0.29) is 41.0 Å². The molecule has 194 valence electrons. The standard InChI is InChI=1S/C22H22F5N5O3S/c1-3-6-35-18-10-29-17(9-30-18)19(33)32-15-4-5-16(24)14(7-15)8-21(2,36-20(28)31-13-23)11-34-12-22(25,26)27/h1,4-5,7,9-10H,6,8,11-13H2,2H3,(H2,28,31)(H,32,33)/t21-/m1/s1. The molecule has 14 heteroatoms. The molecule has 3 N–H and O–H groups in total. The number of aromatic nitrogens is 2. The minimum atomic E-state index is -4.58. The van der Waals surface area contributed by atoms with Crippen LogP contribution in [0.15, 0.2) is 35.6 Å². The van der Waals surface area contributed by atoms with Crippen LogP contribution in [0.4, 0.5) is 27.6 Å². The number of amidine groups is 1. The summed E-state index contributed by atoms with van der Waals surface area (Å²) in [6.45, 7) is -1.72. The molecule has 1 amide bonds. The number of nitrogens with zero attached hydrogens (tertiary/aromatic N) is 3. The van der Waals surface area contributed by atoms with E-state index >= 15 is 0 Å². The Morgan fingerprint density at radius 3 is 2.64 bits per heavy atom. The molecule has 2 rings (SSSR count). The molecule has 0 unspecified atom stereocenters. The zero-order valence-corrected chi connectivity index (χ0v) is 19.8. The summed E-state index contributed by atoms with van der Waals surface area (Å²) < 4.78 is 73.3. The number of hydrogen-bond donors (Lipinski definition) is 2. The maximum Gasteiger partial charge on any atom is 0.411 e. The number of alkyl halides is 4. The van der Waals surface area contributed by atoms with Gasteiger partial charge in [0.2, 0.25) is 5.88 Å². The Morgan fingerprint density at radius 2 is 2.03 bits per heavy atom. The normalized spacial score (nSPS) is 13.5. The lowest BCUT2D eigenvalue weighted by Gasteiger charge is -2.29. The molecule has 1 aromatic carbocycles. The van der Waals surface area contributed by atoms with Crippen molar-refractivity contribution in [3.63, 3.8) is 0 Å². The van der Waals surface area contributed by atoms with Crippen molar-refractivity contribution >= 4 is 28.5 Å². The van der Waals surface area contributed by atoms with Crippen molar-refractivity contribution in [2.75, 3.05) is 31.9 Å². The van der Waals surface area contributed by atoms with Crippen molar-refractivity contribution < 1.29 is 36.2 Å². The zero-order valence-electron chi connectivity index (χ0n) is 18.9. The van der Waals surface area contributed by atoms with E-state index in [0.717, 1.165) is 24.0 Å². The van der Waals surface area contributed by atoms with Crippen LogP contribution in [-0.4, -0.2) is 58.6 Å². The van der Waals surface area contributed by atoms with Crippen LogP contribution >= 0.6 is 11.8 Å². The van der Waals surface area contributed by atoms with Gasteiger partial charge in [-0.05, 0) is 37.1 Å². The van der Waals surface area contributed by atoms with Gasteiger partial charge in [-0.1, -0.05) is 17.7 Å². The smallest absolute Gasteiger partial charge is 0.411 e. The first-order valence-corrected chi connectivity index (χ1v) is 10.9. The molecule has 36 heavy (non-hydrogen) atoms. The van der Waals surface area contributed by atoms with Crippen LogP contribution in [-0.2, 0) is 11.2 Å². The van der Waals surface area contributed by atoms with E-state index in [9.17, 15) is 26.7 Å². The Bertz CT molecular complexity index is 1110. The van der Waals surface area contributed by atoms with Crippen LogP contribution in [0.25, 0.3) is 0 Å². The Morgan fingerprint density at radius 1 is 1.28 bits per heavy atom. The van der Waals surface area contributed by atoms with E-state index in [1.165, 1.54) is 25.3 Å². The monoisotopic (exact) mass is 531 g/mol. The molecule has 1 atom stereocenters. The molecule has 2 aromatic rings. The van der Waals surface area contributed by atoms with Gasteiger partial charge in [-0.25, -0.2) is 23.7 Å². The number of aliphatic imine (C=N–C) groups is 1. The Kier molecular flexibility index (Phi) is 10.4. The lowest BCUT2D eigenvalue weighted by Crippen LogP contribution is -2.35. The molecule has 0 aliphatic carbocycles. The third-order valence-electron chi connectivity index (χ3n) is 4.27. The molecular formula is C22H22F5N5O3S. The van der Waals surface area contributed by atoms with Gasteiger partial charge in [0.25, 0.3) is 5.91 Å². The fourth-order valence-corrected chi connectivity index (χ4v) is 3.84. The molecule has 0 bridgehead atoms. The predicted octanol–water partition coefficient (Wildman–Crippen LogP) is 3.74. The van der Waals surface area contributed by atoms with Gasteiger partial charge in [0.15, 0.2) is 18.6 Å². The fraction of sp³-hybridized carbons (Fsp3) is 0.364. The number of anilines is 1. The molecule has 1 aromatic heterocycles. The quantitative estimate of drug-likeness (QED) is 0.149. The lowest BCUT2D eigenvalue weighted by atomic mass is 10.00. The number of rotatable bonds is 11. The number of terminal acetylenes is 1. The van der Waals surface area contributed by atoms with Gasteiger partial charge < -0.3 is 20.5 Å². The van der Waals surface area contributed by atoms with Crippen LogP contribution < -0.4 is 15.8 Å². The lowest BCUT2D eigenvalue weighted by molar-refractivity contribution is -0.175. The minimum absolute atomic E-state index is 0.0255. The molecule has 0 fully saturated rings. The summed E-state index contributed by atoms with van der Waals surface area (Å²) in [5, 5.41) is 2.29. The highest BCUT2D eigenvalue weighted by Gasteiger charge is 2.33. The number of ether oxygens (including phenoxy) is 2. The second-order valence-electron chi connectivity index (χ2n) is 7.45. The van der Waals surface area contributed by atoms with Gasteiger partial charge in [0.05, 0.1) is 19.0 Å². The third-order valence-corrected chi connectivity index (χ3v) is 5.37. The van der Waals surface area contributed by atoms with Crippen molar-refractivity contribution in [1.82, 2.24) is 9.97 Å². The number of carbonyl (C=O) groups is 1. The first-order valence-electron chi connectivity index (χ1n) is 10.1. The molecule has 1 heterocycles. The van der Waals surface area contributed by atoms with Gasteiger partial charge in [-0.15, -0.1) is 6.42 Å². The molecule has 0 spiro atoms. The second-order valence-corrected chi connectivity index (χ2v) is 9.05. The van der Waals surface area contributed by atoms with E-state index in [1.807, 2.05) is 0 Å². The summed E-state index contributed by atoms with van der Waals surface area (Å²) in [6, 6.07) is 3.67. The minimum Gasteiger partial charge on any atom is -0.463 e. The Labute approximate surface area is 207 Å². The molecule has 0 aliphatic rings. The highest BCUT2D eigenvalue weighted by atomic mass is 32.2. The largest absolute Gasteiger partial charge is 0.463 e. The molecule has 0 saturated carbocycles. The van der Waals surface area contributed by atoms with Crippen LogP contribution in [0.1, 0.15) is 23.0 Å². The van der Waals surface area contributed by atoms with Gasteiger partial charge in [0, 0.05) is 10.4 Å². The van der Waals surface area contributed by atoms with Gasteiger partial charge in [-0.2, -0.15) is 13.2 Å². The third kappa shape index (κ3) is 9.67. The number of halogens is 5. The highest BCUT2D eigenvalue weighted by Crippen LogP contribution is 2.32. The van der Waals surface area contributed by atoms with Gasteiger partial charge in [0.1, 0.15) is 18.1 Å². The van der Waals surface area contributed by atoms with Crippen molar-refractivity contribution in [3.8, 4) is 18.2 Å². The zero-order chi connectivity index (χ0) is 26.8. The van der Waals surface area contributed by atoms with Crippen LogP contribution in [0.2, 0.25) is 0 Å². The van der Waals surface area contributed by atoms with Crippen LogP contribution in [0.5, 0.6) is 5.88 Å². The first-order chi connectivity index (χ1) is 16.9. The maximum atomic E-state index is 14.6. The summed E-state index contributed by atoms with van der Waals surface area (Å²) >= 11 is 0.748. The summed E-state index contributed by atoms with van der Waals surface area (Å²) in [6.07, 6.45) is 2.68. The van der Waals surface area contributed by atoms with Crippen LogP contribution in [0.3, 0.4) is 0 Å². The number of thioether (sulfide) groups is 1. The van der Waals surface area contributed by atoms with Crippen molar-refractivity contribution in [1.29, 1.82) is 0 Å². The molecule has 0 radical (unpaired) electrons. The average Bonchev–Trinajstić information content (AvgIpc) is 2.79. The maximum absolute atomic E-state index is 14.6. The van der Waals surface area contributed by atoms with Gasteiger partial charge in [-0.3, -0.25) is 4.79 Å². The number of benzene rings is 1. The first kappa shape index (κ1) is 28.8. The average molecular weight is 532 g/mol. The predicted molar refractivity (Wildman–Crippen MR) is 125 cm³/mol. The van der Waals surface area contributed by atoms with Crippen molar-refractivity contribution in [3.05, 3.63) is 47.7 Å². The number of carbonyl (C=O) groups excluding carboxylic acids is 1. The summed E-state index contributed by atoms with van der Waals surface area (Å²) in [7, 11) is 0. The van der Waals surface area contributed by atoms with E-state index in [1.54, 1.807) is 0 Å². The summed E-state index contributed by atoms with van der Waals surface area (Å²) in [5.74, 6) is 1.03. The second kappa shape index (κ2) is 13.0. The molecule has 0 aliphatic heterocycles. The number of hydrogen-bond acceptors (Lipinski definition) is 7. The van der Waals surface area contributed by atoms with E-state index < -0.39 is 42.7 Å². The summed E-state index contributed by atoms with van der Waals surface area (Å²) in [4.78, 5) is 23.7. The van der Waals surface area contributed by atoms with Crippen molar-refractivity contribution in [2.24, 2.45) is 10.7 Å². The molecular weight excluding hydrogens is 509 g/mol. The highest BCUT2D eigenvalue weighted by molar-refractivity contribution is 8.15. The number of nitrogens with two attached hydrogens (primary N) is 1. The van der Waals surface area contributed by atoms with E-state index in [0.29, 0.717) is 0 Å². The number of nitrogens with one attached hydrogen (secondary N) is 1. The SMILES string of the molecule is C#CCOc1cnc(C(=O)Nc2ccc(F)c(C[C@](C)(COCC(F)(F)F)S/C(N)=N\CF)c2)cn1.